The standard InChI is InChI=1S/C13H19N3O2/c1-16-7-5-11(6-8-16)15-13(17)10-3-4-12(18-2)14-9-10/h3-4,9,11H,5-8H2,1-2H3,(H,15,17). The Morgan fingerprint density at radius 2 is 2.17 bits per heavy atom. The summed E-state index contributed by atoms with van der Waals surface area (Å²) in [6, 6.07) is 3.70. The van der Waals surface area contributed by atoms with Crippen molar-refractivity contribution in [3.63, 3.8) is 0 Å². The summed E-state index contributed by atoms with van der Waals surface area (Å²) < 4.78 is 4.96. The summed E-state index contributed by atoms with van der Waals surface area (Å²) in [4.78, 5) is 18.3. The van der Waals surface area contributed by atoms with E-state index in [4.69, 9.17) is 4.74 Å². The Balaban J connectivity index is 1.90. The molecule has 1 saturated heterocycles. The number of carbonyl (C=O) groups is 1. The van der Waals surface area contributed by atoms with E-state index in [1.807, 2.05) is 0 Å². The summed E-state index contributed by atoms with van der Waals surface area (Å²) >= 11 is 0. The molecule has 5 nitrogen and oxygen atoms in total. The molecule has 0 atom stereocenters. The zero-order valence-electron chi connectivity index (χ0n) is 10.8. The molecule has 1 N–H and O–H groups in total. The number of rotatable bonds is 3. The van der Waals surface area contributed by atoms with Gasteiger partial charge in [0.05, 0.1) is 12.7 Å². The van der Waals surface area contributed by atoms with Crippen molar-refractivity contribution in [3.05, 3.63) is 23.9 Å². The number of likely N-dealkylation sites (tertiary alicyclic amines) is 1. The molecule has 0 bridgehead atoms. The average molecular weight is 249 g/mol. The molecule has 2 rings (SSSR count). The van der Waals surface area contributed by atoms with Crippen LogP contribution in [0.3, 0.4) is 0 Å². The van der Waals surface area contributed by atoms with Gasteiger partial charge in [-0.2, -0.15) is 0 Å². The monoisotopic (exact) mass is 249 g/mol. The molecule has 1 fully saturated rings. The maximum atomic E-state index is 12.0. The summed E-state index contributed by atoms with van der Waals surface area (Å²) in [5, 5.41) is 3.05. The van der Waals surface area contributed by atoms with Crippen molar-refractivity contribution in [2.45, 2.75) is 18.9 Å². The van der Waals surface area contributed by atoms with Crippen LogP contribution in [0, 0.1) is 0 Å². The smallest absolute Gasteiger partial charge is 0.253 e. The first-order valence-electron chi connectivity index (χ1n) is 6.18. The van der Waals surface area contributed by atoms with Crippen LogP contribution in [0.5, 0.6) is 5.88 Å². The number of hydrogen-bond donors (Lipinski definition) is 1. The number of nitrogens with one attached hydrogen (secondary N) is 1. The third kappa shape index (κ3) is 3.20. The fourth-order valence-corrected chi connectivity index (χ4v) is 2.06. The zero-order valence-corrected chi connectivity index (χ0v) is 10.8. The first-order chi connectivity index (χ1) is 8.69. The van der Waals surface area contributed by atoms with E-state index in [9.17, 15) is 4.79 Å². The molecule has 98 valence electrons. The zero-order chi connectivity index (χ0) is 13.0. The molecular formula is C13H19N3O2. The van der Waals surface area contributed by atoms with Gasteiger partial charge in [0, 0.05) is 18.3 Å². The Morgan fingerprint density at radius 3 is 2.72 bits per heavy atom. The number of piperidine rings is 1. The van der Waals surface area contributed by atoms with Crippen LogP contribution in [-0.2, 0) is 0 Å². The molecule has 1 aliphatic rings. The number of carbonyl (C=O) groups excluding carboxylic acids is 1. The lowest BCUT2D eigenvalue weighted by Crippen LogP contribution is -2.43. The van der Waals surface area contributed by atoms with E-state index in [2.05, 4.69) is 22.2 Å². The van der Waals surface area contributed by atoms with E-state index in [-0.39, 0.29) is 11.9 Å². The second kappa shape index (κ2) is 5.82. The van der Waals surface area contributed by atoms with Gasteiger partial charge in [-0.3, -0.25) is 4.79 Å². The molecule has 5 heteroatoms. The SMILES string of the molecule is COc1ccc(C(=O)NC2CCN(C)CC2)cn1. The second-order valence-corrected chi connectivity index (χ2v) is 4.64. The van der Waals surface area contributed by atoms with Gasteiger partial charge in [-0.25, -0.2) is 4.98 Å². The highest BCUT2D eigenvalue weighted by Gasteiger charge is 2.19. The molecule has 0 spiro atoms. The highest BCUT2D eigenvalue weighted by molar-refractivity contribution is 5.94. The van der Waals surface area contributed by atoms with Crippen LogP contribution >= 0.6 is 0 Å². The van der Waals surface area contributed by atoms with Gasteiger partial charge in [0.1, 0.15) is 0 Å². The minimum Gasteiger partial charge on any atom is -0.481 e. The molecular weight excluding hydrogens is 230 g/mol. The number of pyridine rings is 1. The van der Waals surface area contributed by atoms with Gasteiger partial charge in [-0.05, 0) is 39.0 Å². The Morgan fingerprint density at radius 1 is 1.44 bits per heavy atom. The molecule has 0 aliphatic carbocycles. The third-order valence-corrected chi connectivity index (χ3v) is 3.26. The molecule has 1 amide bonds. The molecule has 1 aliphatic heterocycles. The van der Waals surface area contributed by atoms with Crippen molar-refractivity contribution in [1.29, 1.82) is 0 Å². The van der Waals surface area contributed by atoms with Crippen LogP contribution in [0.1, 0.15) is 23.2 Å². The summed E-state index contributed by atoms with van der Waals surface area (Å²) in [5.41, 5.74) is 0.578. The maximum absolute atomic E-state index is 12.0. The summed E-state index contributed by atoms with van der Waals surface area (Å²) in [5.74, 6) is 0.463. The van der Waals surface area contributed by atoms with E-state index < -0.39 is 0 Å². The van der Waals surface area contributed by atoms with Gasteiger partial charge in [0.15, 0.2) is 0 Å². The van der Waals surface area contributed by atoms with Gasteiger partial charge in [-0.1, -0.05) is 0 Å². The van der Waals surface area contributed by atoms with Gasteiger partial charge in [0.2, 0.25) is 5.88 Å². The van der Waals surface area contributed by atoms with Crippen LogP contribution in [0.15, 0.2) is 18.3 Å². The quantitative estimate of drug-likeness (QED) is 0.865. The first-order valence-corrected chi connectivity index (χ1v) is 6.18. The van der Waals surface area contributed by atoms with E-state index >= 15 is 0 Å². The summed E-state index contributed by atoms with van der Waals surface area (Å²) in [7, 11) is 3.66. The van der Waals surface area contributed by atoms with Crippen molar-refractivity contribution in [2.75, 3.05) is 27.2 Å². The minimum atomic E-state index is -0.0558. The highest BCUT2D eigenvalue weighted by Crippen LogP contribution is 2.10. The largest absolute Gasteiger partial charge is 0.481 e. The van der Waals surface area contributed by atoms with Gasteiger partial charge in [-0.15, -0.1) is 0 Å². The van der Waals surface area contributed by atoms with Crippen LogP contribution < -0.4 is 10.1 Å². The molecule has 18 heavy (non-hydrogen) atoms. The lowest BCUT2D eigenvalue weighted by molar-refractivity contribution is 0.0916. The predicted molar refractivity (Wildman–Crippen MR) is 68.8 cm³/mol. The number of amides is 1. The normalized spacial score (nSPS) is 17.4. The summed E-state index contributed by atoms with van der Waals surface area (Å²) in [6.45, 7) is 2.07. The fraction of sp³-hybridized carbons (Fsp3) is 0.538. The Labute approximate surface area is 107 Å². The number of ether oxygens (including phenoxy) is 1. The fourth-order valence-electron chi connectivity index (χ4n) is 2.06. The predicted octanol–water partition coefficient (Wildman–Crippen LogP) is 0.914. The number of aromatic nitrogens is 1. The average Bonchev–Trinajstić information content (AvgIpc) is 2.41. The highest BCUT2D eigenvalue weighted by atomic mass is 16.5. The van der Waals surface area contributed by atoms with Crippen LogP contribution in [-0.4, -0.2) is 49.1 Å². The van der Waals surface area contributed by atoms with Crippen LogP contribution in [0.4, 0.5) is 0 Å². The summed E-state index contributed by atoms with van der Waals surface area (Å²) in [6.07, 6.45) is 3.56. The molecule has 2 heterocycles. The Bertz CT molecular complexity index is 397. The number of nitrogens with zero attached hydrogens (tertiary/aromatic N) is 2. The minimum absolute atomic E-state index is 0.0558. The van der Waals surface area contributed by atoms with Gasteiger partial charge < -0.3 is 15.0 Å². The van der Waals surface area contributed by atoms with Gasteiger partial charge in [0.25, 0.3) is 5.91 Å². The first kappa shape index (κ1) is 12.8. The number of hydrogen-bond acceptors (Lipinski definition) is 4. The molecule has 0 unspecified atom stereocenters. The van der Waals surface area contributed by atoms with E-state index in [0.717, 1.165) is 25.9 Å². The maximum Gasteiger partial charge on any atom is 0.253 e. The van der Waals surface area contributed by atoms with Crippen LogP contribution in [0.25, 0.3) is 0 Å². The lowest BCUT2D eigenvalue weighted by Gasteiger charge is -2.29. The van der Waals surface area contributed by atoms with Crippen LogP contribution in [0.2, 0.25) is 0 Å². The number of methoxy groups -OCH3 is 1. The second-order valence-electron chi connectivity index (χ2n) is 4.64. The molecule has 0 saturated carbocycles. The van der Waals surface area contributed by atoms with Gasteiger partial charge >= 0.3 is 0 Å². The van der Waals surface area contributed by atoms with Crippen molar-refractivity contribution in [1.82, 2.24) is 15.2 Å². The topological polar surface area (TPSA) is 54.5 Å². The van der Waals surface area contributed by atoms with Crippen molar-refractivity contribution in [3.8, 4) is 5.88 Å². The molecule has 1 aromatic rings. The molecule has 0 aromatic carbocycles. The Kier molecular flexibility index (Phi) is 4.15. The molecule has 0 radical (unpaired) electrons. The van der Waals surface area contributed by atoms with Crippen molar-refractivity contribution in [2.24, 2.45) is 0 Å². The van der Waals surface area contributed by atoms with Crippen molar-refractivity contribution >= 4 is 5.91 Å². The van der Waals surface area contributed by atoms with E-state index in [0.29, 0.717) is 11.4 Å². The van der Waals surface area contributed by atoms with Crippen molar-refractivity contribution < 1.29 is 9.53 Å². The third-order valence-electron chi connectivity index (χ3n) is 3.26. The van der Waals surface area contributed by atoms with E-state index in [1.54, 1.807) is 25.4 Å². The lowest BCUT2D eigenvalue weighted by atomic mass is 10.1. The molecule has 1 aromatic heterocycles. The van der Waals surface area contributed by atoms with E-state index in [1.165, 1.54) is 0 Å². The Hall–Kier alpha value is -1.62.